The van der Waals surface area contributed by atoms with Crippen molar-refractivity contribution in [2.24, 2.45) is 0 Å². The lowest BCUT2D eigenvalue weighted by Gasteiger charge is -2.35. The predicted molar refractivity (Wildman–Crippen MR) is 116 cm³/mol. The van der Waals surface area contributed by atoms with E-state index in [9.17, 15) is 16.8 Å². The molecule has 1 aliphatic heterocycles. The van der Waals surface area contributed by atoms with Gasteiger partial charge in [-0.15, -0.1) is 0 Å². The molecular formula is C21H22ClNO5S2. The Morgan fingerprint density at radius 1 is 1.03 bits per heavy atom. The Bertz CT molecular complexity index is 1310. The van der Waals surface area contributed by atoms with E-state index in [-0.39, 0.29) is 21.9 Å². The maximum Gasteiger partial charge on any atom is 0.277 e. The van der Waals surface area contributed by atoms with E-state index in [1.54, 1.807) is 24.3 Å². The van der Waals surface area contributed by atoms with Crippen LogP contribution in [0.15, 0.2) is 64.5 Å². The van der Waals surface area contributed by atoms with Crippen molar-refractivity contribution in [2.45, 2.75) is 48.1 Å². The fourth-order valence-electron chi connectivity index (χ4n) is 4.07. The molecule has 4 rings (SSSR count). The average molecular weight is 468 g/mol. The van der Waals surface area contributed by atoms with E-state index in [1.165, 1.54) is 18.2 Å². The van der Waals surface area contributed by atoms with Crippen molar-refractivity contribution in [3.8, 4) is 0 Å². The van der Waals surface area contributed by atoms with Gasteiger partial charge < -0.3 is 4.74 Å². The highest BCUT2D eigenvalue weighted by atomic mass is 35.7. The van der Waals surface area contributed by atoms with Gasteiger partial charge in [0.2, 0.25) is 0 Å². The van der Waals surface area contributed by atoms with E-state index in [0.717, 1.165) is 22.4 Å². The van der Waals surface area contributed by atoms with Crippen LogP contribution in [0.25, 0.3) is 10.9 Å². The Hall–Kier alpha value is -1.87. The van der Waals surface area contributed by atoms with Crippen LogP contribution in [-0.2, 0) is 23.8 Å². The highest BCUT2D eigenvalue weighted by molar-refractivity contribution is 8.14. The molecule has 0 bridgehead atoms. The van der Waals surface area contributed by atoms with Crippen molar-refractivity contribution < 1.29 is 21.6 Å². The molecule has 1 aromatic heterocycles. The first-order chi connectivity index (χ1) is 14.0. The summed E-state index contributed by atoms with van der Waals surface area (Å²) >= 11 is 0. The predicted octanol–water partition coefficient (Wildman–Crippen LogP) is 4.48. The normalized spacial score (nSPS) is 19.8. The molecule has 3 aromatic rings. The summed E-state index contributed by atoms with van der Waals surface area (Å²) in [5.74, 6) is 0.239. The number of rotatable bonds is 4. The first kappa shape index (κ1) is 21.4. The molecule has 9 heteroatoms. The highest BCUT2D eigenvalue weighted by Gasteiger charge is 2.32. The maximum absolute atomic E-state index is 13.3. The molecule has 1 aliphatic rings. The molecule has 1 fully saturated rings. The van der Waals surface area contributed by atoms with Crippen molar-refractivity contribution in [3.63, 3.8) is 0 Å². The molecule has 0 spiro atoms. The van der Waals surface area contributed by atoms with Gasteiger partial charge in [0.1, 0.15) is 0 Å². The summed E-state index contributed by atoms with van der Waals surface area (Å²) in [5.41, 5.74) is 1.05. The van der Waals surface area contributed by atoms with Gasteiger partial charge in [0.25, 0.3) is 19.1 Å². The van der Waals surface area contributed by atoms with E-state index in [2.05, 4.69) is 0 Å². The van der Waals surface area contributed by atoms with Crippen LogP contribution in [0.4, 0.5) is 0 Å². The van der Waals surface area contributed by atoms with Gasteiger partial charge in [0.15, 0.2) is 5.03 Å². The number of halogens is 1. The number of hydrogen-bond donors (Lipinski definition) is 0. The number of hydrogen-bond acceptors (Lipinski definition) is 5. The molecule has 1 atom stereocenters. The smallest absolute Gasteiger partial charge is 0.277 e. The minimum atomic E-state index is -4.31. The summed E-state index contributed by atoms with van der Waals surface area (Å²) in [6, 6.07) is 14.4. The van der Waals surface area contributed by atoms with Gasteiger partial charge in [-0.2, -0.15) is 0 Å². The van der Waals surface area contributed by atoms with Crippen molar-refractivity contribution in [2.75, 3.05) is 6.61 Å². The minimum absolute atomic E-state index is 0.0145. The molecule has 160 valence electrons. The van der Waals surface area contributed by atoms with Crippen molar-refractivity contribution >= 4 is 40.7 Å². The van der Waals surface area contributed by atoms with E-state index in [0.29, 0.717) is 12.0 Å². The summed E-state index contributed by atoms with van der Waals surface area (Å²) in [4.78, 5) is -0.0145. The van der Waals surface area contributed by atoms with E-state index >= 15 is 0 Å². The van der Waals surface area contributed by atoms with Crippen LogP contribution in [0.5, 0.6) is 0 Å². The summed E-state index contributed by atoms with van der Waals surface area (Å²) < 4.78 is 57.6. The Morgan fingerprint density at radius 2 is 1.73 bits per heavy atom. The lowest BCUT2D eigenvalue weighted by Crippen LogP contribution is -2.32. The molecule has 0 radical (unpaired) electrons. The van der Waals surface area contributed by atoms with Gasteiger partial charge in [0, 0.05) is 22.7 Å². The van der Waals surface area contributed by atoms with Gasteiger partial charge in [-0.1, -0.05) is 24.3 Å². The third-order valence-electron chi connectivity index (χ3n) is 5.45. The fourth-order valence-corrected chi connectivity index (χ4v) is 7.11. The molecule has 2 heterocycles. The third-order valence-corrected chi connectivity index (χ3v) is 8.58. The molecule has 30 heavy (non-hydrogen) atoms. The van der Waals surface area contributed by atoms with Gasteiger partial charge in [-0.25, -0.2) is 20.8 Å². The van der Waals surface area contributed by atoms with Gasteiger partial charge >= 0.3 is 0 Å². The van der Waals surface area contributed by atoms with Crippen LogP contribution in [-0.4, -0.2) is 33.0 Å². The molecular weight excluding hydrogens is 446 g/mol. The lowest BCUT2D eigenvalue weighted by molar-refractivity contribution is -0.0592. The zero-order valence-corrected chi connectivity index (χ0v) is 19.0. The molecule has 0 saturated carbocycles. The van der Waals surface area contributed by atoms with E-state index in [1.807, 2.05) is 26.0 Å². The van der Waals surface area contributed by atoms with Gasteiger partial charge in [-0.05, 0) is 68.5 Å². The first-order valence-corrected chi connectivity index (χ1v) is 13.3. The number of nitrogens with zero attached hydrogens (tertiary/aromatic N) is 1. The monoisotopic (exact) mass is 467 g/mol. The summed E-state index contributed by atoms with van der Waals surface area (Å²) in [5, 5.41) is 0.0445. The van der Waals surface area contributed by atoms with Gasteiger partial charge in [0.05, 0.1) is 16.0 Å². The summed E-state index contributed by atoms with van der Waals surface area (Å²) in [6.45, 7) is 4.72. The second-order valence-corrected chi connectivity index (χ2v) is 12.4. The van der Waals surface area contributed by atoms with Crippen molar-refractivity contribution in [1.29, 1.82) is 0 Å². The SMILES string of the molecule is CC1(C)C[C@@H](c2ccc3c(c2)cc(S(=O)(=O)Cl)n3S(=O)(=O)c2ccccc2)CCO1. The zero-order chi connectivity index (χ0) is 21.7. The van der Waals surface area contributed by atoms with Crippen LogP contribution >= 0.6 is 10.7 Å². The van der Waals surface area contributed by atoms with Crippen molar-refractivity contribution in [1.82, 2.24) is 3.97 Å². The van der Waals surface area contributed by atoms with Crippen LogP contribution in [0, 0.1) is 0 Å². The standard InChI is InChI=1S/C21H22ClNO5S2/c1-21(2)14-16(10-11-28-21)15-8-9-19-17(12-15)13-20(29(22,24)25)23(19)30(26,27)18-6-4-3-5-7-18/h3-9,12-13,16H,10-11,14H2,1-2H3/t16-/m0/s1. The number of aromatic nitrogens is 1. The number of benzene rings is 2. The zero-order valence-electron chi connectivity index (χ0n) is 16.6. The second-order valence-electron chi connectivity index (χ2n) is 8.12. The molecule has 0 amide bonds. The Labute approximate surface area is 180 Å². The van der Waals surface area contributed by atoms with E-state index in [4.69, 9.17) is 15.4 Å². The quantitative estimate of drug-likeness (QED) is 0.528. The van der Waals surface area contributed by atoms with Gasteiger partial charge in [-0.3, -0.25) is 0 Å². The largest absolute Gasteiger partial charge is 0.376 e. The van der Waals surface area contributed by atoms with Crippen LogP contribution in [0.3, 0.4) is 0 Å². The Balaban J connectivity index is 1.91. The molecule has 0 unspecified atom stereocenters. The number of ether oxygens (including phenoxy) is 1. The minimum Gasteiger partial charge on any atom is -0.376 e. The Kier molecular flexibility index (Phi) is 5.25. The molecule has 2 aromatic carbocycles. The van der Waals surface area contributed by atoms with Crippen LogP contribution in [0.1, 0.15) is 38.2 Å². The molecule has 1 saturated heterocycles. The Morgan fingerprint density at radius 3 is 2.37 bits per heavy atom. The summed E-state index contributed by atoms with van der Waals surface area (Å²) in [6.07, 6.45) is 1.67. The highest BCUT2D eigenvalue weighted by Crippen LogP contribution is 2.38. The number of fused-ring (bicyclic) bond motifs is 1. The van der Waals surface area contributed by atoms with Crippen LogP contribution < -0.4 is 0 Å². The summed E-state index contributed by atoms with van der Waals surface area (Å²) in [7, 11) is -2.84. The molecule has 6 nitrogen and oxygen atoms in total. The first-order valence-electron chi connectivity index (χ1n) is 9.54. The van der Waals surface area contributed by atoms with Crippen LogP contribution in [0.2, 0.25) is 0 Å². The molecule has 0 N–H and O–H groups in total. The van der Waals surface area contributed by atoms with Crippen molar-refractivity contribution in [3.05, 3.63) is 60.2 Å². The second kappa shape index (κ2) is 7.37. The molecule has 0 aliphatic carbocycles. The topological polar surface area (TPSA) is 82.4 Å². The maximum atomic E-state index is 13.3. The lowest BCUT2D eigenvalue weighted by atomic mass is 9.83. The average Bonchev–Trinajstić information content (AvgIpc) is 3.08. The van der Waals surface area contributed by atoms with E-state index < -0.39 is 24.1 Å². The third kappa shape index (κ3) is 3.89. The fraction of sp³-hybridized carbons (Fsp3) is 0.333.